The van der Waals surface area contributed by atoms with E-state index in [0.717, 1.165) is 30.0 Å². The fourth-order valence-corrected chi connectivity index (χ4v) is 6.78. The Morgan fingerprint density at radius 2 is 1.74 bits per heavy atom. The molecule has 3 aromatic rings. The van der Waals surface area contributed by atoms with Crippen molar-refractivity contribution in [3.05, 3.63) is 83.6 Å². The molecule has 46 heavy (non-hydrogen) atoms. The molecule has 5 rings (SSSR count). The first kappa shape index (κ1) is 33.4. The molecular weight excluding hydrogens is 601 g/mol. The highest BCUT2D eigenvalue weighted by molar-refractivity contribution is 5.88. The van der Waals surface area contributed by atoms with Crippen molar-refractivity contribution in [3.63, 3.8) is 0 Å². The molecule has 0 saturated carbocycles. The molecule has 8 nitrogen and oxygen atoms in total. The van der Waals surface area contributed by atoms with Gasteiger partial charge in [-0.3, -0.25) is 4.79 Å². The topological polar surface area (TPSA) is 98.2 Å². The van der Waals surface area contributed by atoms with Gasteiger partial charge in [-0.05, 0) is 47.4 Å². The van der Waals surface area contributed by atoms with Crippen molar-refractivity contribution < 1.29 is 42.1 Å². The number of rotatable bonds is 8. The summed E-state index contributed by atoms with van der Waals surface area (Å²) in [6.45, 7) is 5.65. The third-order valence-corrected chi connectivity index (χ3v) is 8.81. The minimum Gasteiger partial charge on any atom is -0.481 e. The molecule has 2 aliphatic heterocycles. The number of likely N-dealkylation sites (tertiary alicyclic amines) is 1. The molecule has 246 valence electrons. The molecule has 1 N–H and O–H groups in total. The SMILES string of the molecule is COc1ncc(C(F)(F)F)cc1CO[C@H]1[C@H](C(C)(C)C)[C@@H](C(=O)O)N(C(=O)[C@@H]2CCCCO2)[C@H]1c1ccccc1-c1ccccc1. The van der Waals surface area contributed by atoms with E-state index in [1.54, 1.807) is 0 Å². The van der Waals surface area contributed by atoms with Gasteiger partial charge in [0.1, 0.15) is 12.1 Å². The molecule has 0 aliphatic carbocycles. The summed E-state index contributed by atoms with van der Waals surface area (Å²) in [5.74, 6) is -2.46. The standard InChI is InChI=1S/C35H39F3N2O6/c1-34(2,3)27-29(33(42)43)40(32(41)26-16-10-11-17-45-26)28(25-15-9-8-14-24(25)21-12-6-5-7-13-21)30(27)46-20-22-18-23(35(36,37)38)19-39-31(22)44-4/h5-9,12-15,18-19,26-30H,10-11,16-17,20H2,1-4H3,(H,42,43)/t26-,27+,28-,29-,30-/m0/s1. The van der Waals surface area contributed by atoms with Crippen molar-refractivity contribution in [3.8, 4) is 17.0 Å². The number of methoxy groups -OCH3 is 1. The van der Waals surface area contributed by atoms with Crippen LogP contribution in [0.15, 0.2) is 66.9 Å². The van der Waals surface area contributed by atoms with Gasteiger partial charge in [0.2, 0.25) is 5.88 Å². The molecule has 2 aromatic carbocycles. The highest BCUT2D eigenvalue weighted by atomic mass is 19.4. The van der Waals surface area contributed by atoms with Crippen LogP contribution >= 0.6 is 0 Å². The molecule has 0 radical (unpaired) electrons. The number of carbonyl (C=O) groups excluding carboxylic acids is 1. The normalized spacial score (nSPS) is 23.7. The molecule has 2 fully saturated rings. The molecule has 1 aromatic heterocycles. The number of hydrogen-bond donors (Lipinski definition) is 1. The molecule has 0 bridgehead atoms. The molecule has 5 atom stereocenters. The summed E-state index contributed by atoms with van der Waals surface area (Å²) in [7, 11) is 1.30. The highest BCUT2D eigenvalue weighted by Gasteiger charge is 2.60. The van der Waals surface area contributed by atoms with Gasteiger partial charge in [0.15, 0.2) is 0 Å². The molecule has 0 spiro atoms. The fourth-order valence-electron chi connectivity index (χ4n) is 6.78. The molecular formula is C35H39F3N2O6. The Morgan fingerprint density at radius 1 is 1.04 bits per heavy atom. The lowest BCUT2D eigenvalue weighted by Gasteiger charge is -2.35. The van der Waals surface area contributed by atoms with Crippen LogP contribution in [0.1, 0.15) is 62.8 Å². The summed E-state index contributed by atoms with van der Waals surface area (Å²) < 4.78 is 58.7. The number of alkyl halides is 3. The van der Waals surface area contributed by atoms with Crippen LogP contribution in [0.4, 0.5) is 13.2 Å². The minimum absolute atomic E-state index is 0.0436. The fraction of sp³-hybridized carbons (Fsp3) is 0.457. The Balaban J connectivity index is 1.69. The van der Waals surface area contributed by atoms with Crippen molar-refractivity contribution in [1.29, 1.82) is 0 Å². The Hall–Kier alpha value is -3.96. The number of nitrogens with zero attached hydrogens (tertiary/aromatic N) is 2. The molecule has 2 saturated heterocycles. The van der Waals surface area contributed by atoms with Gasteiger partial charge in [-0.25, -0.2) is 9.78 Å². The van der Waals surface area contributed by atoms with Gasteiger partial charge in [0.25, 0.3) is 5.91 Å². The van der Waals surface area contributed by atoms with Gasteiger partial charge >= 0.3 is 12.1 Å². The van der Waals surface area contributed by atoms with Gasteiger partial charge in [-0.1, -0.05) is 75.4 Å². The lowest BCUT2D eigenvalue weighted by atomic mass is 9.73. The van der Waals surface area contributed by atoms with Crippen LogP contribution in [0, 0.1) is 11.3 Å². The Kier molecular flexibility index (Phi) is 9.74. The van der Waals surface area contributed by atoms with Crippen molar-refractivity contribution in [2.24, 2.45) is 11.3 Å². The van der Waals surface area contributed by atoms with Crippen LogP contribution < -0.4 is 4.74 Å². The molecule has 3 heterocycles. The van der Waals surface area contributed by atoms with Crippen LogP contribution in [0.2, 0.25) is 0 Å². The minimum atomic E-state index is -4.65. The quantitative estimate of drug-likeness (QED) is 0.285. The second-order valence-corrected chi connectivity index (χ2v) is 12.8. The van der Waals surface area contributed by atoms with Crippen molar-refractivity contribution in [2.45, 2.75) is 77.1 Å². The number of carboxylic acid groups (broad SMARTS) is 1. The summed E-state index contributed by atoms with van der Waals surface area (Å²) in [6, 6.07) is 15.7. The van der Waals surface area contributed by atoms with E-state index in [1.165, 1.54) is 12.0 Å². The average Bonchev–Trinajstić information content (AvgIpc) is 3.39. The number of carbonyl (C=O) groups is 2. The second-order valence-electron chi connectivity index (χ2n) is 12.8. The largest absolute Gasteiger partial charge is 0.481 e. The van der Waals surface area contributed by atoms with Gasteiger partial charge in [-0.2, -0.15) is 13.2 Å². The summed E-state index contributed by atoms with van der Waals surface area (Å²) in [4.78, 5) is 32.9. The lowest BCUT2D eigenvalue weighted by Crippen LogP contribution is -2.51. The number of carboxylic acids is 1. The van der Waals surface area contributed by atoms with Crippen LogP contribution in [0.5, 0.6) is 5.88 Å². The number of pyridine rings is 1. The van der Waals surface area contributed by atoms with Crippen LogP contribution in [-0.2, 0) is 31.8 Å². The number of amides is 1. The maximum absolute atomic E-state index is 14.4. The number of ether oxygens (including phenoxy) is 3. The van der Waals surface area contributed by atoms with E-state index in [1.807, 2.05) is 75.4 Å². The van der Waals surface area contributed by atoms with Crippen molar-refractivity contribution in [1.82, 2.24) is 9.88 Å². The van der Waals surface area contributed by atoms with Crippen LogP contribution in [0.3, 0.4) is 0 Å². The van der Waals surface area contributed by atoms with E-state index in [4.69, 9.17) is 14.2 Å². The number of halogens is 3. The molecule has 1 amide bonds. The first-order valence-electron chi connectivity index (χ1n) is 15.4. The second kappa shape index (κ2) is 13.4. The number of aliphatic carboxylic acids is 1. The van der Waals surface area contributed by atoms with E-state index >= 15 is 0 Å². The van der Waals surface area contributed by atoms with Crippen molar-refractivity contribution >= 4 is 11.9 Å². The highest BCUT2D eigenvalue weighted by Crippen LogP contribution is 2.52. The predicted octanol–water partition coefficient (Wildman–Crippen LogP) is 6.93. The van der Waals surface area contributed by atoms with Gasteiger partial charge < -0.3 is 24.2 Å². The molecule has 0 unspecified atom stereocenters. The van der Waals surface area contributed by atoms with Crippen LogP contribution in [-0.4, -0.2) is 58.8 Å². The first-order valence-corrected chi connectivity index (χ1v) is 15.4. The third-order valence-electron chi connectivity index (χ3n) is 8.81. The van der Waals surface area contributed by atoms with E-state index in [0.29, 0.717) is 24.8 Å². The summed E-state index contributed by atoms with van der Waals surface area (Å²) in [6.07, 6.45) is -3.71. The maximum Gasteiger partial charge on any atom is 0.417 e. The van der Waals surface area contributed by atoms with Gasteiger partial charge in [-0.15, -0.1) is 0 Å². The maximum atomic E-state index is 14.4. The van der Waals surface area contributed by atoms with Gasteiger partial charge in [0.05, 0.1) is 31.4 Å². The first-order chi connectivity index (χ1) is 21.8. The Bertz CT molecular complexity index is 1540. The summed E-state index contributed by atoms with van der Waals surface area (Å²) in [5.41, 5.74) is 0.662. The van der Waals surface area contributed by atoms with E-state index in [2.05, 4.69) is 4.98 Å². The monoisotopic (exact) mass is 640 g/mol. The number of benzene rings is 2. The lowest BCUT2D eigenvalue weighted by molar-refractivity contribution is -0.159. The summed E-state index contributed by atoms with van der Waals surface area (Å²) >= 11 is 0. The zero-order valence-corrected chi connectivity index (χ0v) is 26.3. The van der Waals surface area contributed by atoms with Gasteiger partial charge in [0, 0.05) is 24.3 Å². The smallest absolute Gasteiger partial charge is 0.417 e. The van der Waals surface area contributed by atoms with Crippen molar-refractivity contribution in [2.75, 3.05) is 13.7 Å². The third kappa shape index (κ3) is 6.76. The number of aromatic nitrogens is 1. The zero-order valence-electron chi connectivity index (χ0n) is 26.3. The van der Waals surface area contributed by atoms with Crippen LogP contribution in [0.25, 0.3) is 11.1 Å². The van der Waals surface area contributed by atoms with E-state index in [9.17, 15) is 27.9 Å². The predicted molar refractivity (Wildman–Crippen MR) is 164 cm³/mol. The summed E-state index contributed by atoms with van der Waals surface area (Å²) in [5, 5.41) is 10.8. The molecule has 11 heteroatoms. The average molecular weight is 641 g/mol. The molecule has 2 aliphatic rings. The zero-order chi connectivity index (χ0) is 33.2. The van der Waals surface area contributed by atoms with E-state index < -0.39 is 59.2 Å². The Morgan fingerprint density at radius 3 is 2.35 bits per heavy atom. The number of hydrogen-bond acceptors (Lipinski definition) is 6. The Labute approximate surface area is 266 Å². The van der Waals surface area contributed by atoms with E-state index in [-0.39, 0.29) is 18.1 Å².